The molecule has 2 aromatic carbocycles. The molecule has 1 N–H and O–H groups in total. The molecule has 114 valence electrons. The molecule has 1 aliphatic heterocycles. The highest BCUT2D eigenvalue weighted by Crippen LogP contribution is 2.32. The molecule has 0 atom stereocenters. The van der Waals surface area contributed by atoms with Gasteiger partial charge >= 0.3 is 0 Å². The molecule has 0 saturated heterocycles. The van der Waals surface area contributed by atoms with Gasteiger partial charge < -0.3 is 0 Å². The summed E-state index contributed by atoms with van der Waals surface area (Å²) in [6.45, 7) is 0.386. The van der Waals surface area contributed by atoms with E-state index in [0.29, 0.717) is 17.7 Å². The second kappa shape index (κ2) is 6.10. The molecule has 0 aromatic heterocycles. The molecule has 0 bridgehead atoms. The van der Waals surface area contributed by atoms with Gasteiger partial charge in [-0.15, -0.1) is 0 Å². The van der Waals surface area contributed by atoms with Crippen LogP contribution in [0.15, 0.2) is 52.5 Å². The topological polar surface area (TPSA) is 82.2 Å². The van der Waals surface area contributed by atoms with Crippen LogP contribution >= 0.6 is 15.9 Å². The summed E-state index contributed by atoms with van der Waals surface area (Å²) < 4.78 is 0.968. The van der Waals surface area contributed by atoms with Crippen molar-refractivity contribution in [1.82, 2.24) is 0 Å². The Morgan fingerprint density at radius 3 is 2.65 bits per heavy atom. The van der Waals surface area contributed by atoms with Gasteiger partial charge in [0.2, 0.25) is 0 Å². The molecule has 0 unspecified atom stereocenters. The number of nitro groups is 1. The van der Waals surface area contributed by atoms with Gasteiger partial charge in [-0.2, -0.15) is 5.26 Å². The van der Waals surface area contributed by atoms with Gasteiger partial charge in [-0.05, 0) is 36.4 Å². The van der Waals surface area contributed by atoms with E-state index in [1.165, 1.54) is 12.1 Å². The zero-order valence-corrected chi connectivity index (χ0v) is 13.4. The Balaban J connectivity index is 1.97. The average molecular weight is 371 g/mol. The second-order valence-electron chi connectivity index (χ2n) is 4.99. The second-order valence-corrected chi connectivity index (χ2v) is 5.90. The molecule has 7 heteroatoms. The van der Waals surface area contributed by atoms with Gasteiger partial charge in [0.05, 0.1) is 34.5 Å². The first-order valence-electron chi connectivity index (χ1n) is 6.76. The van der Waals surface area contributed by atoms with Gasteiger partial charge in [-0.3, -0.25) is 20.5 Å². The Bertz CT molecular complexity index is 840. The van der Waals surface area contributed by atoms with Crippen LogP contribution < -0.4 is 10.4 Å². The molecule has 0 fully saturated rings. The van der Waals surface area contributed by atoms with Gasteiger partial charge in [0.1, 0.15) is 0 Å². The summed E-state index contributed by atoms with van der Waals surface area (Å²) in [4.78, 5) is 10.5. The summed E-state index contributed by atoms with van der Waals surface area (Å²) in [5.41, 5.74) is 6.05. The molecular formula is C16H11BrN4O2. The van der Waals surface area contributed by atoms with E-state index in [1.807, 2.05) is 24.3 Å². The molecule has 3 rings (SSSR count). The largest absolute Gasteiger partial charge is 0.298 e. The number of nitrogens with one attached hydrogen (secondary N) is 1. The number of nitro benzene ring substituents is 1. The van der Waals surface area contributed by atoms with Crippen LogP contribution in [0.3, 0.4) is 0 Å². The van der Waals surface area contributed by atoms with Gasteiger partial charge in [-0.25, -0.2) is 0 Å². The Kier molecular flexibility index (Phi) is 4.00. The van der Waals surface area contributed by atoms with Gasteiger partial charge in [0.15, 0.2) is 0 Å². The van der Waals surface area contributed by atoms with Crippen LogP contribution in [-0.2, 0) is 0 Å². The molecule has 6 nitrogen and oxygen atoms in total. The number of non-ortho nitro benzene ring substituents is 1. The number of nitrogens with zero attached hydrogens (tertiary/aromatic N) is 3. The smallest absolute Gasteiger partial charge is 0.270 e. The van der Waals surface area contributed by atoms with Crippen molar-refractivity contribution in [2.75, 3.05) is 17.0 Å². The Hall–Kier alpha value is -2.85. The number of rotatable bonds is 3. The van der Waals surface area contributed by atoms with Crippen molar-refractivity contribution in [2.24, 2.45) is 0 Å². The standard InChI is InChI=1S/C16H11BrN4O2/c17-13-1-3-14(4-2-13)19-20-10-11(9-18)7-12-8-15(21(22)23)5-6-16(12)20/h1-8,19H,10H2. The number of anilines is 2. The van der Waals surface area contributed by atoms with E-state index in [1.54, 1.807) is 17.2 Å². The van der Waals surface area contributed by atoms with Gasteiger partial charge in [0.25, 0.3) is 5.69 Å². The highest BCUT2D eigenvalue weighted by molar-refractivity contribution is 9.10. The number of hydrogen-bond donors (Lipinski definition) is 1. The molecule has 0 saturated carbocycles. The number of fused-ring (bicyclic) bond motifs is 1. The minimum atomic E-state index is -0.443. The first-order chi connectivity index (χ1) is 11.1. The molecule has 0 radical (unpaired) electrons. The molecular weight excluding hydrogens is 360 g/mol. The van der Waals surface area contributed by atoms with Crippen molar-refractivity contribution in [3.63, 3.8) is 0 Å². The lowest BCUT2D eigenvalue weighted by Crippen LogP contribution is -2.34. The Morgan fingerprint density at radius 2 is 2.00 bits per heavy atom. The maximum absolute atomic E-state index is 10.9. The summed E-state index contributed by atoms with van der Waals surface area (Å²) in [5.74, 6) is 0. The van der Waals surface area contributed by atoms with Crippen molar-refractivity contribution in [3.05, 3.63) is 68.2 Å². The fraction of sp³-hybridized carbons (Fsp3) is 0.0625. The van der Waals surface area contributed by atoms with Crippen LogP contribution in [0.5, 0.6) is 0 Å². The summed E-state index contributed by atoms with van der Waals surface area (Å²) in [5, 5.41) is 21.9. The molecule has 1 aliphatic rings. The number of hydrogen-bond acceptors (Lipinski definition) is 5. The van der Waals surface area contributed by atoms with Gasteiger partial charge in [0, 0.05) is 22.2 Å². The van der Waals surface area contributed by atoms with Crippen molar-refractivity contribution in [1.29, 1.82) is 5.26 Å². The van der Waals surface area contributed by atoms with Crippen LogP contribution in [0.25, 0.3) is 6.08 Å². The fourth-order valence-corrected chi connectivity index (χ4v) is 2.62. The molecule has 0 aliphatic carbocycles. The third kappa shape index (κ3) is 3.17. The maximum Gasteiger partial charge on any atom is 0.270 e. The summed E-state index contributed by atoms with van der Waals surface area (Å²) >= 11 is 3.38. The van der Waals surface area contributed by atoms with Crippen LogP contribution in [0, 0.1) is 21.4 Å². The third-order valence-corrected chi connectivity index (χ3v) is 3.95. The number of halogens is 1. The number of hydrazine groups is 1. The summed E-state index contributed by atoms with van der Waals surface area (Å²) in [7, 11) is 0. The summed E-state index contributed by atoms with van der Waals surface area (Å²) in [6, 6.07) is 14.4. The molecule has 0 amide bonds. The highest BCUT2D eigenvalue weighted by Gasteiger charge is 2.20. The predicted molar refractivity (Wildman–Crippen MR) is 91.8 cm³/mol. The lowest BCUT2D eigenvalue weighted by Gasteiger charge is -2.30. The lowest BCUT2D eigenvalue weighted by atomic mass is 10.0. The van der Waals surface area contributed by atoms with Crippen LogP contribution in [0.1, 0.15) is 5.56 Å². The normalized spacial score (nSPS) is 12.9. The van der Waals surface area contributed by atoms with E-state index in [-0.39, 0.29) is 5.69 Å². The average Bonchev–Trinajstić information content (AvgIpc) is 2.56. The van der Waals surface area contributed by atoms with Crippen molar-refractivity contribution >= 4 is 39.1 Å². The molecule has 1 heterocycles. The van der Waals surface area contributed by atoms with Crippen molar-refractivity contribution < 1.29 is 4.92 Å². The minimum absolute atomic E-state index is 0.00258. The quantitative estimate of drug-likeness (QED) is 0.649. The molecule has 2 aromatic rings. The first-order valence-corrected chi connectivity index (χ1v) is 7.55. The van der Waals surface area contributed by atoms with E-state index < -0.39 is 4.92 Å². The monoisotopic (exact) mass is 370 g/mol. The SMILES string of the molecule is N#CC1=Cc2cc([N+](=O)[O-])ccc2N(Nc2ccc(Br)cc2)C1. The van der Waals surface area contributed by atoms with E-state index >= 15 is 0 Å². The van der Waals surface area contributed by atoms with Crippen LogP contribution in [0.4, 0.5) is 17.1 Å². The van der Waals surface area contributed by atoms with Crippen LogP contribution in [-0.4, -0.2) is 11.5 Å². The lowest BCUT2D eigenvalue weighted by molar-refractivity contribution is -0.384. The zero-order chi connectivity index (χ0) is 16.4. The Labute approximate surface area is 140 Å². The molecule has 23 heavy (non-hydrogen) atoms. The highest BCUT2D eigenvalue weighted by atomic mass is 79.9. The first kappa shape index (κ1) is 15.1. The summed E-state index contributed by atoms with van der Waals surface area (Å²) in [6.07, 6.45) is 1.68. The van der Waals surface area contributed by atoms with Gasteiger partial charge in [-0.1, -0.05) is 15.9 Å². The van der Waals surface area contributed by atoms with E-state index in [9.17, 15) is 15.4 Å². The zero-order valence-electron chi connectivity index (χ0n) is 11.9. The number of nitriles is 1. The predicted octanol–water partition coefficient (Wildman–Crippen LogP) is 4.11. The van der Waals surface area contributed by atoms with E-state index in [2.05, 4.69) is 27.4 Å². The van der Waals surface area contributed by atoms with Crippen molar-refractivity contribution in [2.45, 2.75) is 0 Å². The third-order valence-electron chi connectivity index (χ3n) is 3.42. The van der Waals surface area contributed by atoms with Crippen LogP contribution in [0.2, 0.25) is 0 Å². The number of benzene rings is 2. The van der Waals surface area contributed by atoms with E-state index in [4.69, 9.17) is 0 Å². The Morgan fingerprint density at radius 1 is 1.26 bits per heavy atom. The fourth-order valence-electron chi connectivity index (χ4n) is 2.35. The minimum Gasteiger partial charge on any atom is -0.298 e. The maximum atomic E-state index is 10.9. The van der Waals surface area contributed by atoms with E-state index in [0.717, 1.165) is 15.8 Å². The van der Waals surface area contributed by atoms with Crippen molar-refractivity contribution in [3.8, 4) is 6.07 Å². The molecule has 0 spiro atoms.